The Kier molecular flexibility index (Phi) is 25.2. The topological polar surface area (TPSA) is 230 Å². The minimum absolute atomic E-state index is 0. The summed E-state index contributed by atoms with van der Waals surface area (Å²) >= 11 is 0. The van der Waals surface area contributed by atoms with Gasteiger partial charge < -0.3 is 43.8 Å². The number of carbonyl (C=O) groups excluding carboxylic acids is 7. The second-order valence-corrected chi connectivity index (χ2v) is 25.8. The molecule has 4 aliphatic heterocycles. The summed E-state index contributed by atoms with van der Waals surface area (Å²) in [5.41, 5.74) is 4.52. The van der Waals surface area contributed by atoms with Gasteiger partial charge in [-0.1, -0.05) is 130 Å². The number of rotatable bonds is 22. The van der Waals surface area contributed by atoms with Crippen molar-refractivity contribution in [3.63, 3.8) is 0 Å². The van der Waals surface area contributed by atoms with Gasteiger partial charge in [0, 0.05) is 49.9 Å². The fourth-order valence-electron chi connectivity index (χ4n) is 10.9. The van der Waals surface area contributed by atoms with E-state index in [9.17, 15) is 48.6 Å². The SMILES string of the molecule is C=CCc1cccc2c1CN(C(=O)O[C@@H]1C[C@@H](C(=O)O)N(C(=O)[C@@H](CC(=O)OCC(C)(C)CC=C)C(C)(C)C)C1)C2.C=CCc1cccc2c1CN(C(=O)O[C@@H]1C[C@@H](C(=O)[O-])N(C(=O)[C@@H](CC(=O)OCC(C)(C)CC=C)C(C)(C)C)C1)C2.[K+]. The van der Waals surface area contributed by atoms with Gasteiger partial charge in [0.2, 0.25) is 11.8 Å². The molecule has 1 N–H and O–H groups in total. The van der Waals surface area contributed by atoms with Crippen molar-refractivity contribution in [3.05, 3.63) is 120 Å². The van der Waals surface area contributed by atoms with Gasteiger partial charge in [0.05, 0.1) is 63.0 Å². The maximum atomic E-state index is 13.8. The van der Waals surface area contributed by atoms with Crippen LogP contribution >= 0.6 is 0 Å². The quantitative estimate of drug-likeness (QED) is 0.0626. The summed E-state index contributed by atoms with van der Waals surface area (Å²) in [5.74, 6) is -6.29. The van der Waals surface area contributed by atoms with Crippen LogP contribution in [-0.2, 0) is 86.7 Å². The predicted molar refractivity (Wildman–Crippen MR) is 307 cm³/mol. The van der Waals surface area contributed by atoms with Crippen molar-refractivity contribution in [2.75, 3.05) is 26.3 Å². The molecule has 19 heteroatoms. The number of likely N-dealkylation sites (tertiary alicyclic amines) is 2. The maximum Gasteiger partial charge on any atom is 1.00 e. The summed E-state index contributed by atoms with van der Waals surface area (Å²) in [7, 11) is 0. The number of carboxylic acid groups (broad SMARTS) is 2. The van der Waals surface area contributed by atoms with Crippen LogP contribution in [0.15, 0.2) is 87.0 Å². The standard InChI is InChI=1S/2C32H44N2O7.K/c2*1-8-11-21-12-10-13-22-17-33(19-24(21)22)30(39)41-23-15-26(29(37)38)34(18-23)28(36)25(31(3,4)5)16-27(35)40-20-32(6,7)14-9-2;/h2*8-10,12-13,23,25-26H,1-2,11,14-20H2,3-7H3,(H,37,38);/q;;+1/p-1/t2*23-,25-,26+;/m11./s1. The number of nitrogens with zero attached hydrogens (tertiary/aromatic N) is 4. The zero-order valence-electron chi connectivity index (χ0n) is 50.9. The normalized spacial score (nSPS) is 19.1. The van der Waals surface area contributed by atoms with Crippen LogP contribution in [0, 0.1) is 33.5 Å². The number of amides is 4. The number of carboxylic acids is 2. The van der Waals surface area contributed by atoms with Gasteiger partial charge in [0.15, 0.2) is 0 Å². The maximum absolute atomic E-state index is 13.8. The van der Waals surface area contributed by atoms with Gasteiger partial charge in [-0.25, -0.2) is 14.4 Å². The molecular formula is C64H87KN4O14. The largest absolute Gasteiger partial charge is 1.00 e. The summed E-state index contributed by atoms with van der Waals surface area (Å²) in [6.45, 7) is 35.6. The molecule has 6 atom stereocenters. The Hall–Kier alpha value is -5.60. The van der Waals surface area contributed by atoms with Crippen molar-refractivity contribution in [1.82, 2.24) is 19.6 Å². The number of carbonyl (C=O) groups is 8. The van der Waals surface area contributed by atoms with Gasteiger partial charge in [-0.15, -0.1) is 26.3 Å². The summed E-state index contributed by atoms with van der Waals surface area (Å²) in [6.07, 6.45) is 6.65. The van der Waals surface area contributed by atoms with Crippen LogP contribution in [0.4, 0.5) is 9.59 Å². The van der Waals surface area contributed by atoms with E-state index in [4.69, 9.17) is 18.9 Å². The smallest absolute Gasteiger partial charge is 0.548 e. The molecule has 6 rings (SSSR count). The molecule has 4 amide bonds. The van der Waals surface area contributed by atoms with Gasteiger partial charge in [-0.05, 0) is 69.9 Å². The van der Waals surface area contributed by atoms with Crippen molar-refractivity contribution < 1.29 is 119 Å². The zero-order chi connectivity index (χ0) is 61.1. The average molecular weight is 1180 g/mol. The Morgan fingerprint density at radius 2 is 0.964 bits per heavy atom. The molecule has 0 radical (unpaired) electrons. The van der Waals surface area contributed by atoms with Crippen LogP contribution in [0.1, 0.15) is 141 Å². The fourth-order valence-corrected chi connectivity index (χ4v) is 10.9. The van der Waals surface area contributed by atoms with Crippen molar-refractivity contribution in [1.29, 1.82) is 0 Å². The van der Waals surface area contributed by atoms with Gasteiger partial charge in [0.1, 0.15) is 18.2 Å². The number of hydrogen-bond donors (Lipinski definition) is 1. The molecule has 0 spiro atoms. The number of allylic oxidation sites excluding steroid dienone is 4. The summed E-state index contributed by atoms with van der Waals surface area (Å²) in [5, 5.41) is 22.0. The Morgan fingerprint density at radius 1 is 0.590 bits per heavy atom. The van der Waals surface area contributed by atoms with Crippen LogP contribution in [0.3, 0.4) is 0 Å². The molecule has 0 unspecified atom stereocenters. The second kappa shape index (κ2) is 30.0. The van der Waals surface area contributed by atoms with E-state index >= 15 is 0 Å². The molecule has 2 saturated heterocycles. The van der Waals surface area contributed by atoms with E-state index in [2.05, 4.69) is 26.3 Å². The third-order valence-electron chi connectivity index (χ3n) is 15.7. The molecule has 448 valence electrons. The molecule has 4 aliphatic rings. The number of hydrogen-bond acceptors (Lipinski definition) is 13. The van der Waals surface area contributed by atoms with Gasteiger partial charge in [0.25, 0.3) is 0 Å². The first kappa shape index (κ1) is 69.9. The predicted octanol–water partition coefficient (Wildman–Crippen LogP) is 5.91. The summed E-state index contributed by atoms with van der Waals surface area (Å²) in [6, 6.07) is 9.42. The summed E-state index contributed by atoms with van der Waals surface area (Å²) < 4.78 is 22.4. The van der Waals surface area contributed by atoms with Crippen molar-refractivity contribution in [2.24, 2.45) is 33.5 Å². The molecule has 0 saturated carbocycles. The van der Waals surface area contributed by atoms with Crippen LogP contribution < -0.4 is 56.5 Å². The van der Waals surface area contributed by atoms with Crippen molar-refractivity contribution in [3.8, 4) is 0 Å². The van der Waals surface area contributed by atoms with E-state index in [0.29, 0.717) is 51.9 Å². The molecular weight excluding hydrogens is 1090 g/mol. The Morgan fingerprint density at radius 3 is 1.30 bits per heavy atom. The van der Waals surface area contributed by atoms with E-state index < -0.39 is 94.8 Å². The van der Waals surface area contributed by atoms with Gasteiger partial charge in [-0.2, -0.15) is 0 Å². The van der Waals surface area contributed by atoms with Crippen LogP contribution in [0.5, 0.6) is 0 Å². The Bertz CT molecular complexity index is 2560. The van der Waals surface area contributed by atoms with Crippen molar-refractivity contribution in [2.45, 2.75) is 171 Å². The van der Waals surface area contributed by atoms with E-state index in [-0.39, 0.29) is 114 Å². The third-order valence-corrected chi connectivity index (χ3v) is 15.7. The molecule has 2 aromatic rings. The number of benzene rings is 2. The fraction of sp³-hybridized carbons (Fsp3) is 0.562. The summed E-state index contributed by atoms with van der Waals surface area (Å²) in [4.78, 5) is 109. The second-order valence-electron chi connectivity index (χ2n) is 25.8. The molecule has 0 bridgehead atoms. The minimum atomic E-state index is -1.43. The van der Waals surface area contributed by atoms with Gasteiger partial charge in [-0.3, -0.25) is 29.0 Å². The van der Waals surface area contributed by atoms with Crippen LogP contribution in [-0.4, -0.2) is 123 Å². The first-order valence-corrected chi connectivity index (χ1v) is 28.2. The van der Waals surface area contributed by atoms with E-state index in [0.717, 1.165) is 33.4 Å². The molecule has 2 fully saturated rings. The average Bonchev–Trinajstić information content (AvgIpc) is 4.40. The molecule has 0 aliphatic carbocycles. The van der Waals surface area contributed by atoms with E-state index in [1.807, 2.05) is 118 Å². The Labute approximate surface area is 533 Å². The zero-order valence-corrected chi connectivity index (χ0v) is 54.0. The first-order chi connectivity index (χ1) is 38.3. The van der Waals surface area contributed by atoms with E-state index in [1.54, 1.807) is 22.0 Å². The molecule has 18 nitrogen and oxygen atoms in total. The Balaban J connectivity index is 0.000000352. The van der Waals surface area contributed by atoms with Crippen LogP contribution in [0.2, 0.25) is 0 Å². The number of ether oxygens (including phenoxy) is 4. The van der Waals surface area contributed by atoms with Crippen LogP contribution in [0.25, 0.3) is 0 Å². The number of aliphatic carboxylic acids is 2. The number of esters is 2. The molecule has 0 aromatic heterocycles. The van der Waals surface area contributed by atoms with Crippen molar-refractivity contribution >= 4 is 47.9 Å². The first-order valence-electron chi connectivity index (χ1n) is 28.2. The van der Waals surface area contributed by atoms with Gasteiger partial charge >= 0.3 is 81.5 Å². The molecule has 83 heavy (non-hydrogen) atoms. The molecule has 2 aromatic carbocycles. The monoisotopic (exact) mass is 1170 g/mol. The van der Waals surface area contributed by atoms with E-state index in [1.165, 1.54) is 9.80 Å². The number of fused-ring (bicyclic) bond motifs is 2. The molecule has 4 heterocycles. The third kappa shape index (κ3) is 19.2. The minimum Gasteiger partial charge on any atom is -0.548 e.